The van der Waals surface area contributed by atoms with Gasteiger partial charge in [-0.15, -0.1) is 0 Å². The number of rotatable bonds is 3. The van der Waals surface area contributed by atoms with Crippen molar-refractivity contribution < 1.29 is 27.2 Å². The summed E-state index contributed by atoms with van der Waals surface area (Å²) in [5.74, 6) is -0.580. The maximum Gasteiger partial charge on any atom is 0.417 e. The second-order valence-corrected chi connectivity index (χ2v) is 8.52. The molecule has 1 N–H and O–H groups in total. The summed E-state index contributed by atoms with van der Waals surface area (Å²) >= 11 is 0. The minimum atomic E-state index is -4.66. The number of carbonyl (C=O) groups is 2. The largest absolute Gasteiger partial charge is 0.459 e. The molecule has 0 radical (unpaired) electrons. The van der Waals surface area contributed by atoms with Crippen molar-refractivity contribution in [1.82, 2.24) is 10.2 Å². The Labute approximate surface area is 188 Å². The van der Waals surface area contributed by atoms with E-state index in [2.05, 4.69) is 5.32 Å². The first-order valence-corrected chi connectivity index (χ1v) is 10.6. The third-order valence-electron chi connectivity index (χ3n) is 6.78. The maximum atomic E-state index is 13.5. The van der Waals surface area contributed by atoms with Crippen LogP contribution in [0.2, 0.25) is 0 Å². The molecular weight excluding hydrogens is 437 g/mol. The molecule has 1 aromatic heterocycles. The second-order valence-electron chi connectivity index (χ2n) is 8.52. The van der Waals surface area contributed by atoms with Gasteiger partial charge in [0.15, 0.2) is 5.76 Å². The van der Waals surface area contributed by atoms with Gasteiger partial charge in [0.25, 0.3) is 5.91 Å². The van der Waals surface area contributed by atoms with E-state index in [0.29, 0.717) is 38.2 Å². The summed E-state index contributed by atoms with van der Waals surface area (Å²) in [4.78, 5) is 28.8. The molecule has 2 saturated heterocycles. The lowest BCUT2D eigenvalue weighted by Crippen LogP contribution is -2.49. The lowest BCUT2D eigenvalue weighted by atomic mass is 9.70. The summed E-state index contributed by atoms with van der Waals surface area (Å²) in [7, 11) is 1.54. The van der Waals surface area contributed by atoms with Crippen LogP contribution in [0.15, 0.2) is 41.0 Å². The van der Waals surface area contributed by atoms with Gasteiger partial charge in [-0.1, -0.05) is 0 Å². The molecule has 10 heteroatoms. The Kier molecular flexibility index (Phi) is 5.82. The molecule has 0 aliphatic carbocycles. The van der Waals surface area contributed by atoms with E-state index in [9.17, 15) is 22.8 Å². The van der Waals surface area contributed by atoms with Crippen LogP contribution in [-0.2, 0) is 11.0 Å². The van der Waals surface area contributed by atoms with Crippen molar-refractivity contribution in [2.75, 3.05) is 38.1 Å². The standard InChI is InChI=1S/C23H23F3N4O3/c1-28-20(31)18-13-30(16-5-4-15(12-27)17(11-16)23(24,25)26)14-22(18)6-8-29(9-7-22)21(32)19-3-2-10-33-19/h2-5,10-11,18H,6-9,13-14H2,1H3,(H,28,31). The molecule has 1 unspecified atom stereocenters. The van der Waals surface area contributed by atoms with Gasteiger partial charge in [0.1, 0.15) is 0 Å². The number of hydrogen-bond donors (Lipinski definition) is 1. The van der Waals surface area contributed by atoms with E-state index in [4.69, 9.17) is 9.68 Å². The number of anilines is 1. The first kappa shape index (κ1) is 22.7. The summed E-state index contributed by atoms with van der Waals surface area (Å²) in [6.07, 6.45) is -2.15. The summed E-state index contributed by atoms with van der Waals surface area (Å²) in [6.45, 7) is 1.48. The van der Waals surface area contributed by atoms with E-state index in [0.717, 1.165) is 6.07 Å². The normalized spacial score (nSPS) is 20.0. The van der Waals surface area contributed by atoms with E-state index in [1.165, 1.54) is 25.4 Å². The van der Waals surface area contributed by atoms with Crippen LogP contribution >= 0.6 is 0 Å². The van der Waals surface area contributed by atoms with Gasteiger partial charge in [-0.2, -0.15) is 18.4 Å². The number of alkyl halides is 3. The highest BCUT2D eigenvalue weighted by Crippen LogP contribution is 2.47. The molecule has 2 aromatic rings. The van der Waals surface area contributed by atoms with Crippen LogP contribution in [0.25, 0.3) is 0 Å². The van der Waals surface area contributed by atoms with Crippen LogP contribution in [0.5, 0.6) is 0 Å². The molecule has 2 aliphatic heterocycles. The molecular formula is C23H23F3N4O3. The van der Waals surface area contributed by atoms with E-state index in [1.807, 2.05) is 0 Å². The minimum absolute atomic E-state index is 0.173. The fraction of sp³-hybridized carbons (Fsp3) is 0.435. The van der Waals surface area contributed by atoms with Crippen LogP contribution in [0, 0.1) is 22.7 Å². The smallest absolute Gasteiger partial charge is 0.417 e. The van der Waals surface area contributed by atoms with Gasteiger partial charge in [-0.3, -0.25) is 9.59 Å². The highest BCUT2D eigenvalue weighted by atomic mass is 19.4. The average molecular weight is 460 g/mol. The molecule has 2 aliphatic rings. The molecule has 0 bridgehead atoms. The first-order chi connectivity index (χ1) is 15.7. The molecule has 7 nitrogen and oxygen atoms in total. The lowest BCUT2D eigenvalue weighted by molar-refractivity contribution is -0.137. The predicted octanol–water partition coefficient (Wildman–Crippen LogP) is 3.27. The van der Waals surface area contributed by atoms with Crippen LogP contribution in [0.1, 0.15) is 34.5 Å². The second kappa shape index (κ2) is 8.46. The topological polar surface area (TPSA) is 89.6 Å². The van der Waals surface area contributed by atoms with Crippen LogP contribution in [-0.4, -0.2) is 49.9 Å². The Hall–Kier alpha value is -3.48. The zero-order valence-corrected chi connectivity index (χ0v) is 18.0. The highest BCUT2D eigenvalue weighted by molar-refractivity contribution is 5.91. The SMILES string of the molecule is CNC(=O)C1CN(c2ccc(C#N)c(C(F)(F)F)c2)CC12CCN(C(=O)c1ccco1)CC2. The number of nitriles is 1. The predicted molar refractivity (Wildman–Crippen MR) is 112 cm³/mol. The molecule has 4 rings (SSSR count). The molecule has 2 amide bonds. The number of benzene rings is 1. The number of nitrogens with one attached hydrogen (secondary N) is 1. The number of halogens is 3. The lowest BCUT2D eigenvalue weighted by Gasteiger charge is -2.41. The monoisotopic (exact) mass is 460 g/mol. The Morgan fingerprint density at radius 3 is 2.55 bits per heavy atom. The van der Waals surface area contributed by atoms with Crippen molar-refractivity contribution in [2.45, 2.75) is 19.0 Å². The number of likely N-dealkylation sites (tertiary alicyclic amines) is 1. The quantitative estimate of drug-likeness (QED) is 0.760. The van der Waals surface area contributed by atoms with Crippen LogP contribution < -0.4 is 10.2 Å². The zero-order valence-electron chi connectivity index (χ0n) is 18.0. The van der Waals surface area contributed by atoms with Gasteiger partial charge in [0.2, 0.25) is 5.91 Å². The Bertz CT molecular complexity index is 1080. The van der Waals surface area contributed by atoms with Crippen molar-refractivity contribution in [3.8, 4) is 6.07 Å². The van der Waals surface area contributed by atoms with E-state index in [1.54, 1.807) is 28.0 Å². The van der Waals surface area contributed by atoms with Crippen molar-refractivity contribution in [3.05, 3.63) is 53.5 Å². The third-order valence-corrected chi connectivity index (χ3v) is 6.78. The van der Waals surface area contributed by atoms with Gasteiger partial charge < -0.3 is 19.5 Å². The van der Waals surface area contributed by atoms with E-state index in [-0.39, 0.29) is 24.1 Å². The van der Waals surface area contributed by atoms with Crippen molar-refractivity contribution >= 4 is 17.5 Å². The van der Waals surface area contributed by atoms with E-state index >= 15 is 0 Å². The Balaban J connectivity index is 1.58. The highest BCUT2D eigenvalue weighted by Gasteiger charge is 2.51. The number of carbonyl (C=O) groups excluding carboxylic acids is 2. The van der Waals surface area contributed by atoms with Gasteiger partial charge in [0, 0.05) is 44.3 Å². The first-order valence-electron chi connectivity index (χ1n) is 10.6. The molecule has 33 heavy (non-hydrogen) atoms. The van der Waals surface area contributed by atoms with E-state index < -0.39 is 28.6 Å². The fourth-order valence-electron chi connectivity index (χ4n) is 4.98. The molecule has 0 saturated carbocycles. The Morgan fingerprint density at radius 2 is 1.97 bits per heavy atom. The molecule has 1 spiro atoms. The third kappa shape index (κ3) is 4.15. The van der Waals surface area contributed by atoms with Gasteiger partial charge in [-0.25, -0.2) is 0 Å². The van der Waals surface area contributed by atoms with Crippen molar-refractivity contribution in [3.63, 3.8) is 0 Å². The van der Waals surface area contributed by atoms with Gasteiger partial charge >= 0.3 is 6.18 Å². The number of amides is 2. The zero-order chi connectivity index (χ0) is 23.8. The molecule has 2 fully saturated rings. The average Bonchev–Trinajstić information content (AvgIpc) is 3.46. The van der Waals surface area contributed by atoms with Gasteiger partial charge in [0.05, 0.1) is 29.4 Å². The molecule has 174 valence electrons. The van der Waals surface area contributed by atoms with Crippen molar-refractivity contribution in [1.29, 1.82) is 5.26 Å². The number of hydrogen-bond acceptors (Lipinski definition) is 5. The maximum absolute atomic E-state index is 13.5. The summed E-state index contributed by atoms with van der Waals surface area (Å²) in [5, 5.41) is 11.7. The summed E-state index contributed by atoms with van der Waals surface area (Å²) in [5.41, 5.74) is -1.58. The number of furan rings is 1. The fourth-order valence-corrected chi connectivity index (χ4v) is 4.98. The summed E-state index contributed by atoms with van der Waals surface area (Å²) < 4.78 is 45.6. The van der Waals surface area contributed by atoms with Crippen LogP contribution in [0.4, 0.5) is 18.9 Å². The molecule has 3 heterocycles. The van der Waals surface area contributed by atoms with Crippen LogP contribution in [0.3, 0.4) is 0 Å². The Morgan fingerprint density at radius 1 is 1.24 bits per heavy atom. The molecule has 1 aromatic carbocycles. The summed E-state index contributed by atoms with van der Waals surface area (Å²) in [6, 6.07) is 8.47. The number of piperidine rings is 1. The van der Waals surface area contributed by atoms with Crippen molar-refractivity contribution in [2.24, 2.45) is 11.3 Å². The van der Waals surface area contributed by atoms with Gasteiger partial charge in [-0.05, 0) is 43.2 Å². The molecule has 1 atom stereocenters. The number of nitrogens with zero attached hydrogens (tertiary/aromatic N) is 3. The minimum Gasteiger partial charge on any atom is -0.459 e.